The highest BCUT2D eigenvalue weighted by molar-refractivity contribution is 6.35. The maximum atomic E-state index is 6.22. The normalized spacial score (nSPS) is 12.6. The molecule has 0 radical (unpaired) electrons. The monoisotopic (exact) mass is 291 g/mol. The predicted molar refractivity (Wildman–Crippen MR) is 86.8 cm³/mol. The summed E-state index contributed by atoms with van der Waals surface area (Å²) in [5.41, 5.74) is 0. The number of fused-ring (bicyclic) bond motifs is 1. The van der Waals surface area contributed by atoms with Crippen LogP contribution < -0.4 is 10.1 Å². The highest BCUT2D eigenvalue weighted by atomic mass is 35.5. The zero-order valence-corrected chi connectivity index (χ0v) is 12.9. The molecular formula is C17H22ClNO. The molecule has 0 saturated heterocycles. The number of benzene rings is 2. The molecule has 108 valence electrons. The molecule has 1 atom stereocenters. The van der Waals surface area contributed by atoms with Crippen LogP contribution in [-0.2, 0) is 0 Å². The molecule has 3 heteroatoms. The minimum Gasteiger partial charge on any atom is -0.489 e. The van der Waals surface area contributed by atoms with Crippen LogP contribution in [0.2, 0.25) is 5.02 Å². The highest BCUT2D eigenvalue weighted by Crippen LogP contribution is 2.31. The summed E-state index contributed by atoms with van der Waals surface area (Å²) >= 11 is 6.22. The Kier molecular flexibility index (Phi) is 5.69. The molecule has 0 aliphatic rings. The summed E-state index contributed by atoms with van der Waals surface area (Å²) in [6.45, 7) is 6.19. The second kappa shape index (κ2) is 7.51. The van der Waals surface area contributed by atoms with Crippen molar-refractivity contribution in [2.24, 2.45) is 0 Å². The van der Waals surface area contributed by atoms with Crippen molar-refractivity contribution in [2.75, 3.05) is 13.1 Å². The van der Waals surface area contributed by atoms with E-state index in [1.807, 2.05) is 36.4 Å². The molecule has 0 aliphatic heterocycles. The van der Waals surface area contributed by atoms with Crippen molar-refractivity contribution in [2.45, 2.75) is 32.8 Å². The van der Waals surface area contributed by atoms with Gasteiger partial charge in [-0.1, -0.05) is 49.2 Å². The van der Waals surface area contributed by atoms with Gasteiger partial charge in [-0.15, -0.1) is 0 Å². The van der Waals surface area contributed by atoms with Gasteiger partial charge < -0.3 is 10.1 Å². The minimum absolute atomic E-state index is 0.136. The number of unbranched alkanes of at least 4 members (excludes halogenated alkanes) is 1. The Morgan fingerprint density at radius 1 is 1.15 bits per heavy atom. The van der Waals surface area contributed by atoms with Gasteiger partial charge >= 0.3 is 0 Å². The molecule has 2 rings (SSSR count). The van der Waals surface area contributed by atoms with Crippen LogP contribution in [0.3, 0.4) is 0 Å². The van der Waals surface area contributed by atoms with Gasteiger partial charge in [-0.3, -0.25) is 0 Å². The smallest absolute Gasteiger partial charge is 0.127 e. The standard InChI is InChI=1S/C17H22ClNO/c1-3-4-11-19-12-13(2)20-17-10-9-16(18)14-7-5-6-8-15(14)17/h5-10,13,19H,3-4,11-12H2,1-2H3. The van der Waals surface area contributed by atoms with E-state index in [0.717, 1.165) is 34.6 Å². The third-order valence-corrected chi connectivity index (χ3v) is 3.63. The second-order valence-corrected chi connectivity index (χ2v) is 5.48. The molecule has 0 bridgehead atoms. The molecule has 1 unspecified atom stereocenters. The molecule has 2 nitrogen and oxygen atoms in total. The maximum Gasteiger partial charge on any atom is 0.127 e. The lowest BCUT2D eigenvalue weighted by molar-refractivity contribution is 0.220. The van der Waals surface area contributed by atoms with E-state index in [9.17, 15) is 0 Å². The predicted octanol–water partition coefficient (Wildman–Crippen LogP) is 4.65. The fourth-order valence-corrected chi connectivity index (χ4v) is 2.43. The lowest BCUT2D eigenvalue weighted by Crippen LogP contribution is -2.29. The largest absolute Gasteiger partial charge is 0.489 e. The Morgan fingerprint density at radius 2 is 1.90 bits per heavy atom. The molecule has 0 saturated carbocycles. The summed E-state index contributed by atoms with van der Waals surface area (Å²) in [5, 5.41) is 6.29. The number of halogens is 1. The third-order valence-electron chi connectivity index (χ3n) is 3.30. The molecule has 0 amide bonds. The zero-order chi connectivity index (χ0) is 14.4. The van der Waals surface area contributed by atoms with Gasteiger partial charge in [0.15, 0.2) is 0 Å². The molecular weight excluding hydrogens is 270 g/mol. The third kappa shape index (κ3) is 3.87. The van der Waals surface area contributed by atoms with E-state index in [1.54, 1.807) is 0 Å². The lowest BCUT2D eigenvalue weighted by Gasteiger charge is -2.17. The summed E-state index contributed by atoms with van der Waals surface area (Å²) in [5.74, 6) is 0.898. The van der Waals surface area contributed by atoms with Crippen molar-refractivity contribution < 1.29 is 4.74 Å². The van der Waals surface area contributed by atoms with E-state index in [1.165, 1.54) is 12.8 Å². The van der Waals surface area contributed by atoms with Crippen LogP contribution in [0.5, 0.6) is 5.75 Å². The van der Waals surface area contributed by atoms with Crippen molar-refractivity contribution in [1.29, 1.82) is 0 Å². The van der Waals surface area contributed by atoms with Crippen molar-refractivity contribution in [3.8, 4) is 5.75 Å². The molecule has 0 spiro atoms. The Hall–Kier alpha value is -1.25. The zero-order valence-electron chi connectivity index (χ0n) is 12.2. The quantitative estimate of drug-likeness (QED) is 0.750. The summed E-state index contributed by atoms with van der Waals surface area (Å²) in [6, 6.07) is 11.9. The first-order chi connectivity index (χ1) is 9.72. The van der Waals surface area contributed by atoms with Crippen LogP contribution in [-0.4, -0.2) is 19.2 Å². The van der Waals surface area contributed by atoms with Gasteiger partial charge in [0.1, 0.15) is 11.9 Å². The van der Waals surface area contributed by atoms with Crippen molar-refractivity contribution in [3.63, 3.8) is 0 Å². The van der Waals surface area contributed by atoms with Crippen molar-refractivity contribution in [3.05, 3.63) is 41.4 Å². The number of hydrogen-bond donors (Lipinski definition) is 1. The Labute approximate surface area is 126 Å². The maximum absolute atomic E-state index is 6.22. The molecule has 0 aliphatic carbocycles. The summed E-state index contributed by atoms with van der Waals surface area (Å²) in [7, 11) is 0. The Balaban J connectivity index is 2.04. The summed E-state index contributed by atoms with van der Waals surface area (Å²) in [4.78, 5) is 0. The van der Waals surface area contributed by atoms with Crippen molar-refractivity contribution >= 4 is 22.4 Å². The van der Waals surface area contributed by atoms with Gasteiger partial charge in [-0.25, -0.2) is 0 Å². The Bertz CT molecular complexity index is 556. The van der Waals surface area contributed by atoms with E-state index < -0.39 is 0 Å². The van der Waals surface area contributed by atoms with Crippen LogP contribution in [0.1, 0.15) is 26.7 Å². The van der Waals surface area contributed by atoms with Gasteiger partial charge in [0.05, 0.1) is 0 Å². The molecule has 2 aromatic carbocycles. The fourth-order valence-electron chi connectivity index (χ4n) is 2.20. The van der Waals surface area contributed by atoms with Crippen LogP contribution in [0.15, 0.2) is 36.4 Å². The molecule has 2 aromatic rings. The topological polar surface area (TPSA) is 21.3 Å². The highest BCUT2D eigenvalue weighted by Gasteiger charge is 2.08. The second-order valence-electron chi connectivity index (χ2n) is 5.08. The van der Waals surface area contributed by atoms with E-state index >= 15 is 0 Å². The number of rotatable bonds is 7. The van der Waals surface area contributed by atoms with Crippen LogP contribution in [0.4, 0.5) is 0 Å². The molecule has 0 fully saturated rings. The summed E-state index contributed by atoms with van der Waals surface area (Å²) in [6.07, 6.45) is 2.55. The Morgan fingerprint density at radius 3 is 2.65 bits per heavy atom. The number of nitrogens with one attached hydrogen (secondary N) is 1. The van der Waals surface area contributed by atoms with Crippen molar-refractivity contribution in [1.82, 2.24) is 5.32 Å². The van der Waals surface area contributed by atoms with Crippen LogP contribution in [0.25, 0.3) is 10.8 Å². The van der Waals surface area contributed by atoms with Gasteiger partial charge in [0, 0.05) is 22.3 Å². The first kappa shape index (κ1) is 15.1. The molecule has 20 heavy (non-hydrogen) atoms. The van der Waals surface area contributed by atoms with Gasteiger partial charge in [0.25, 0.3) is 0 Å². The average molecular weight is 292 g/mol. The first-order valence-corrected chi connectivity index (χ1v) is 7.64. The first-order valence-electron chi connectivity index (χ1n) is 7.27. The molecule has 1 N–H and O–H groups in total. The van der Waals surface area contributed by atoms with Gasteiger partial charge in [-0.05, 0) is 32.0 Å². The molecule has 0 heterocycles. The average Bonchev–Trinajstić information content (AvgIpc) is 2.47. The van der Waals surface area contributed by atoms with Gasteiger partial charge in [-0.2, -0.15) is 0 Å². The molecule has 0 aromatic heterocycles. The van der Waals surface area contributed by atoms with Crippen LogP contribution >= 0.6 is 11.6 Å². The van der Waals surface area contributed by atoms with E-state index in [0.29, 0.717) is 0 Å². The number of ether oxygens (including phenoxy) is 1. The van der Waals surface area contributed by atoms with Gasteiger partial charge in [0.2, 0.25) is 0 Å². The van der Waals surface area contributed by atoms with E-state index in [-0.39, 0.29) is 6.10 Å². The van der Waals surface area contributed by atoms with Crippen LogP contribution in [0, 0.1) is 0 Å². The summed E-state index contributed by atoms with van der Waals surface area (Å²) < 4.78 is 6.04. The fraction of sp³-hybridized carbons (Fsp3) is 0.412. The SMILES string of the molecule is CCCCNCC(C)Oc1ccc(Cl)c2ccccc12. The number of hydrogen-bond acceptors (Lipinski definition) is 2. The lowest BCUT2D eigenvalue weighted by atomic mass is 10.1. The minimum atomic E-state index is 0.136. The van der Waals surface area contributed by atoms with E-state index in [2.05, 4.69) is 19.2 Å². The van der Waals surface area contributed by atoms with E-state index in [4.69, 9.17) is 16.3 Å².